The van der Waals surface area contributed by atoms with Gasteiger partial charge in [0, 0.05) is 10.0 Å². The van der Waals surface area contributed by atoms with E-state index in [0.717, 1.165) is 30.2 Å². The van der Waals surface area contributed by atoms with Gasteiger partial charge in [0.1, 0.15) is 6.04 Å². The smallest absolute Gasteiger partial charge is 0.328 e. The molecule has 0 aliphatic heterocycles. The van der Waals surface area contributed by atoms with Crippen molar-refractivity contribution in [3.8, 4) is 0 Å². The maximum Gasteiger partial charge on any atom is 0.328 e. The molecule has 1 unspecified atom stereocenters. The molecule has 5 heteroatoms. The molecule has 128 valence electrons. The van der Waals surface area contributed by atoms with Crippen LogP contribution in [0.5, 0.6) is 0 Å². The molecule has 23 heavy (non-hydrogen) atoms. The summed E-state index contributed by atoms with van der Waals surface area (Å²) >= 11 is 3.34. The predicted octanol–water partition coefficient (Wildman–Crippen LogP) is 4.33. The van der Waals surface area contributed by atoms with Gasteiger partial charge in [0.05, 0.1) is 6.61 Å². The van der Waals surface area contributed by atoms with Crippen molar-refractivity contribution < 1.29 is 14.3 Å². The Kier molecular flexibility index (Phi) is 8.92. The number of unbranched alkanes of at least 4 members (excludes halogenated alkanes) is 3. The molecule has 1 aromatic carbocycles. The number of hydrogen-bond acceptors (Lipinski definition) is 3. The van der Waals surface area contributed by atoms with Crippen LogP contribution in [0, 0.1) is 5.92 Å². The number of esters is 1. The summed E-state index contributed by atoms with van der Waals surface area (Å²) < 4.78 is 6.13. The van der Waals surface area contributed by atoms with E-state index in [1.807, 2.05) is 19.9 Å². The molecule has 1 atom stereocenters. The second-order valence-electron chi connectivity index (χ2n) is 5.93. The Morgan fingerprint density at radius 2 is 1.96 bits per heavy atom. The highest BCUT2D eigenvalue weighted by atomic mass is 79.9. The van der Waals surface area contributed by atoms with E-state index in [9.17, 15) is 9.59 Å². The zero-order valence-electron chi connectivity index (χ0n) is 14.1. The maximum atomic E-state index is 12.3. The van der Waals surface area contributed by atoms with E-state index >= 15 is 0 Å². The first kappa shape index (κ1) is 19.7. The molecule has 0 fully saturated rings. The van der Waals surface area contributed by atoms with Crippen molar-refractivity contribution in [3.63, 3.8) is 0 Å². The molecule has 0 aromatic heterocycles. The fourth-order valence-electron chi connectivity index (χ4n) is 2.14. The second kappa shape index (κ2) is 10.4. The van der Waals surface area contributed by atoms with Crippen LogP contribution in [0.2, 0.25) is 0 Å². The second-order valence-corrected chi connectivity index (χ2v) is 6.85. The number of halogens is 1. The summed E-state index contributed by atoms with van der Waals surface area (Å²) in [6.45, 7) is 6.33. The molecule has 4 nitrogen and oxygen atoms in total. The molecule has 0 aliphatic carbocycles. The molecule has 1 aromatic rings. The van der Waals surface area contributed by atoms with Gasteiger partial charge in [-0.2, -0.15) is 0 Å². The maximum absolute atomic E-state index is 12.3. The average Bonchev–Trinajstić information content (AvgIpc) is 2.51. The lowest BCUT2D eigenvalue weighted by Gasteiger charge is -2.21. The summed E-state index contributed by atoms with van der Waals surface area (Å²) in [4.78, 5) is 24.5. The van der Waals surface area contributed by atoms with E-state index in [2.05, 4.69) is 28.2 Å². The lowest BCUT2D eigenvalue weighted by atomic mass is 10.0. The fraction of sp³-hybridized carbons (Fsp3) is 0.556. The number of rotatable bonds is 9. The van der Waals surface area contributed by atoms with Gasteiger partial charge in [-0.05, 0) is 30.5 Å². The van der Waals surface area contributed by atoms with Crippen LogP contribution >= 0.6 is 15.9 Å². The highest BCUT2D eigenvalue weighted by Gasteiger charge is 2.26. The van der Waals surface area contributed by atoms with Crippen molar-refractivity contribution in [2.24, 2.45) is 5.92 Å². The topological polar surface area (TPSA) is 55.4 Å². The van der Waals surface area contributed by atoms with E-state index < -0.39 is 6.04 Å². The highest BCUT2D eigenvalue weighted by molar-refractivity contribution is 9.10. The number of carbonyl (C=O) groups is 2. The van der Waals surface area contributed by atoms with Gasteiger partial charge < -0.3 is 10.1 Å². The van der Waals surface area contributed by atoms with Gasteiger partial charge >= 0.3 is 5.97 Å². The molecule has 0 bridgehead atoms. The Hall–Kier alpha value is -1.36. The molecule has 0 aliphatic rings. The number of carbonyl (C=O) groups excluding carboxylic acids is 2. The molecule has 1 amide bonds. The third kappa shape index (κ3) is 7.16. The third-order valence-corrected chi connectivity index (χ3v) is 4.03. The summed E-state index contributed by atoms with van der Waals surface area (Å²) in [6.07, 6.45) is 4.21. The molecule has 0 saturated heterocycles. The van der Waals surface area contributed by atoms with E-state index in [1.165, 1.54) is 0 Å². The molecule has 0 heterocycles. The number of benzene rings is 1. The Morgan fingerprint density at radius 3 is 2.57 bits per heavy atom. The Bertz CT molecular complexity index is 517. The van der Waals surface area contributed by atoms with Gasteiger partial charge in [0.25, 0.3) is 5.91 Å². The van der Waals surface area contributed by atoms with Crippen molar-refractivity contribution in [2.45, 2.75) is 52.5 Å². The molecule has 1 rings (SSSR count). The van der Waals surface area contributed by atoms with E-state index in [1.54, 1.807) is 18.2 Å². The molecule has 0 radical (unpaired) electrons. The van der Waals surface area contributed by atoms with Gasteiger partial charge in [0.15, 0.2) is 0 Å². The zero-order valence-corrected chi connectivity index (χ0v) is 15.7. The van der Waals surface area contributed by atoms with Crippen molar-refractivity contribution in [1.29, 1.82) is 0 Å². The number of nitrogens with one attached hydrogen (secondary N) is 1. The van der Waals surface area contributed by atoms with Crippen LogP contribution in [0.3, 0.4) is 0 Å². The van der Waals surface area contributed by atoms with E-state index in [0.29, 0.717) is 12.2 Å². The van der Waals surface area contributed by atoms with Crippen molar-refractivity contribution in [2.75, 3.05) is 6.61 Å². The van der Waals surface area contributed by atoms with Crippen molar-refractivity contribution >= 4 is 27.8 Å². The van der Waals surface area contributed by atoms with Crippen molar-refractivity contribution in [1.82, 2.24) is 5.32 Å². The Labute approximate surface area is 147 Å². The van der Waals surface area contributed by atoms with Crippen LogP contribution in [-0.4, -0.2) is 24.5 Å². The van der Waals surface area contributed by atoms with Crippen LogP contribution in [0.4, 0.5) is 0 Å². The first-order valence-corrected chi connectivity index (χ1v) is 8.98. The first-order valence-electron chi connectivity index (χ1n) is 8.18. The number of ether oxygens (including phenoxy) is 1. The summed E-state index contributed by atoms with van der Waals surface area (Å²) in [5, 5.41) is 2.78. The van der Waals surface area contributed by atoms with Gasteiger partial charge in [-0.15, -0.1) is 0 Å². The van der Waals surface area contributed by atoms with Crippen LogP contribution in [-0.2, 0) is 9.53 Å². The first-order chi connectivity index (χ1) is 11.0. The van der Waals surface area contributed by atoms with E-state index in [-0.39, 0.29) is 17.8 Å². The van der Waals surface area contributed by atoms with Crippen molar-refractivity contribution in [3.05, 3.63) is 34.3 Å². The average molecular weight is 384 g/mol. The van der Waals surface area contributed by atoms with Crippen LogP contribution < -0.4 is 5.32 Å². The normalized spacial score (nSPS) is 12.0. The lowest BCUT2D eigenvalue weighted by molar-refractivity contribution is -0.147. The highest BCUT2D eigenvalue weighted by Crippen LogP contribution is 2.13. The molecule has 0 spiro atoms. The molecular weight excluding hydrogens is 358 g/mol. The third-order valence-electron chi connectivity index (χ3n) is 3.54. The van der Waals surface area contributed by atoms with E-state index in [4.69, 9.17) is 4.74 Å². The van der Waals surface area contributed by atoms with Gasteiger partial charge in [-0.25, -0.2) is 4.79 Å². The standard InChI is InChI=1S/C18H26BrNO3/c1-4-5-6-7-11-23-18(22)16(13(2)3)20-17(21)14-9-8-10-15(19)12-14/h8-10,12-13,16H,4-7,11H2,1-3H3,(H,20,21). The van der Waals surface area contributed by atoms with Gasteiger partial charge in [-0.1, -0.05) is 62.0 Å². The number of hydrogen-bond donors (Lipinski definition) is 1. The predicted molar refractivity (Wildman–Crippen MR) is 95.3 cm³/mol. The van der Waals surface area contributed by atoms with Crippen LogP contribution in [0.1, 0.15) is 56.8 Å². The minimum absolute atomic E-state index is 0.0331. The summed E-state index contributed by atoms with van der Waals surface area (Å²) in [6, 6.07) is 6.44. The quantitative estimate of drug-likeness (QED) is 0.509. The van der Waals surface area contributed by atoms with Crippen LogP contribution in [0.15, 0.2) is 28.7 Å². The summed E-state index contributed by atoms with van der Waals surface area (Å²) in [5.74, 6) is -0.665. The monoisotopic (exact) mass is 383 g/mol. The molecule has 1 N–H and O–H groups in total. The van der Waals surface area contributed by atoms with Crippen LogP contribution in [0.25, 0.3) is 0 Å². The van der Waals surface area contributed by atoms with Gasteiger partial charge in [-0.3, -0.25) is 4.79 Å². The summed E-state index contributed by atoms with van der Waals surface area (Å²) in [7, 11) is 0. The van der Waals surface area contributed by atoms with Gasteiger partial charge in [0.2, 0.25) is 0 Å². The molecule has 0 saturated carbocycles. The molecular formula is C18H26BrNO3. The summed E-state index contributed by atoms with van der Waals surface area (Å²) in [5.41, 5.74) is 0.515. The zero-order chi connectivity index (χ0) is 17.2. The fourth-order valence-corrected chi connectivity index (χ4v) is 2.54. The Morgan fingerprint density at radius 1 is 1.22 bits per heavy atom. The lowest BCUT2D eigenvalue weighted by Crippen LogP contribution is -2.45. The SMILES string of the molecule is CCCCCCOC(=O)C(NC(=O)c1cccc(Br)c1)C(C)C. The Balaban J connectivity index is 2.57. The number of amides is 1. The minimum Gasteiger partial charge on any atom is -0.464 e. The minimum atomic E-state index is -0.632. The largest absolute Gasteiger partial charge is 0.464 e.